The van der Waals surface area contributed by atoms with Gasteiger partial charge in [0.25, 0.3) is 0 Å². The van der Waals surface area contributed by atoms with Crippen molar-refractivity contribution < 1.29 is 0 Å². The highest BCUT2D eigenvalue weighted by atomic mass is 15.3. The average Bonchev–Trinajstić information content (AvgIpc) is 3.22. The summed E-state index contributed by atoms with van der Waals surface area (Å²) in [5.41, 5.74) is 1.18. The lowest BCUT2D eigenvalue weighted by Crippen LogP contribution is -2.44. The Morgan fingerprint density at radius 3 is 2.59 bits per heavy atom. The van der Waals surface area contributed by atoms with Gasteiger partial charge in [-0.05, 0) is 37.4 Å². The molecule has 0 radical (unpaired) electrons. The first kappa shape index (κ1) is 19.9. The van der Waals surface area contributed by atoms with Gasteiger partial charge in [-0.15, -0.1) is 0 Å². The van der Waals surface area contributed by atoms with E-state index < -0.39 is 0 Å². The normalized spacial score (nSPS) is 19.5. The largest absolute Gasteiger partial charge is 0.356 e. The molecule has 1 saturated heterocycles. The van der Waals surface area contributed by atoms with Crippen LogP contribution >= 0.6 is 0 Å². The lowest BCUT2D eigenvalue weighted by molar-refractivity contribution is 0.312. The Labute approximate surface area is 164 Å². The number of hydrogen-bond donors (Lipinski definition) is 2. The number of hydrogen-bond acceptors (Lipinski definition) is 4. The molecule has 1 aromatic heterocycles. The summed E-state index contributed by atoms with van der Waals surface area (Å²) in [6.45, 7) is 6.06. The molecule has 0 bridgehead atoms. The first-order valence-electron chi connectivity index (χ1n) is 10.6. The maximum Gasteiger partial charge on any atom is 0.191 e. The van der Waals surface area contributed by atoms with Crippen LogP contribution in [0.3, 0.4) is 0 Å². The van der Waals surface area contributed by atoms with Crippen LogP contribution in [0.4, 0.5) is 5.82 Å². The summed E-state index contributed by atoms with van der Waals surface area (Å²) in [5.74, 6) is 2.93. The molecule has 0 aromatic carbocycles. The van der Waals surface area contributed by atoms with Gasteiger partial charge in [0.1, 0.15) is 5.82 Å². The molecule has 6 heteroatoms. The molecule has 0 amide bonds. The predicted molar refractivity (Wildman–Crippen MR) is 113 cm³/mol. The van der Waals surface area contributed by atoms with E-state index in [1.807, 2.05) is 13.2 Å². The fraction of sp³-hybridized carbons (Fsp3) is 0.714. The topological polar surface area (TPSA) is 55.8 Å². The van der Waals surface area contributed by atoms with Gasteiger partial charge in [0.2, 0.25) is 0 Å². The van der Waals surface area contributed by atoms with Crippen LogP contribution in [-0.2, 0) is 6.54 Å². The zero-order valence-corrected chi connectivity index (χ0v) is 17.1. The smallest absolute Gasteiger partial charge is 0.191 e. The van der Waals surface area contributed by atoms with Gasteiger partial charge in [0, 0.05) is 52.5 Å². The molecule has 0 spiro atoms. The molecule has 150 valence electrons. The SMILES string of the molecule is CN=C(NCCCC1CCCC1)NCc1ccc(N2CCN(C)CC2)nc1. The van der Waals surface area contributed by atoms with E-state index in [0.717, 1.165) is 57.0 Å². The van der Waals surface area contributed by atoms with Crippen molar-refractivity contribution in [3.63, 3.8) is 0 Å². The van der Waals surface area contributed by atoms with Crippen LogP contribution in [0.15, 0.2) is 23.3 Å². The van der Waals surface area contributed by atoms with Gasteiger partial charge >= 0.3 is 0 Å². The van der Waals surface area contributed by atoms with Crippen molar-refractivity contribution in [3.8, 4) is 0 Å². The van der Waals surface area contributed by atoms with Crippen molar-refractivity contribution in [1.29, 1.82) is 0 Å². The number of aromatic nitrogens is 1. The Morgan fingerprint density at radius 2 is 1.93 bits per heavy atom. The van der Waals surface area contributed by atoms with Crippen molar-refractivity contribution >= 4 is 11.8 Å². The monoisotopic (exact) mass is 372 g/mol. The molecule has 2 aliphatic rings. The summed E-state index contributed by atoms with van der Waals surface area (Å²) >= 11 is 0. The molecule has 6 nitrogen and oxygen atoms in total. The van der Waals surface area contributed by atoms with E-state index in [1.54, 1.807) is 0 Å². The molecule has 1 aliphatic carbocycles. The summed E-state index contributed by atoms with van der Waals surface area (Å²) in [4.78, 5) is 13.7. The number of anilines is 1. The highest BCUT2D eigenvalue weighted by Crippen LogP contribution is 2.28. The first-order chi connectivity index (χ1) is 13.2. The molecular weight excluding hydrogens is 336 g/mol. The number of guanidine groups is 1. The minimum atomic E-state index is 0.748. The fourth-order valence-corrected chi connectivity index (χ4v) is 4.05. The van der Waals surface area contributed by atoms with E-state index in [-0.39, 0.29) is 0 Å². The number of rotatable bonds is 7. The first-order valence-corrected chi connectivity index (χ1v) is 10.6. The second kappa shape index (κ2) is 10.5. The zero-order chi connectivity index (χ0) is 18.9. The number of likely N-dealkylation sites (N-methyl/N-ethyl adjacent to an activating group) is 1. The number of nitrogens with zero attached hydrogens (tertiary/aromatic N) is 4. The third kappa shape index (κ3) is 6.38. The summed E-state index contributed by atoms with van der Waals surface area (Å²) in [6, 6.07) is 4.31. The highest BCUT2D eigenvalue weighted by Gasteiger charge is 2.15. The Bertz CT molecular complexity index is 571. The van der Waals surface area contributed by atoms with Crippen LogP contribution in [0.1, 0.15) is 44.1 Å². The van der Waals surface area contributed by atoms with Crippen LogP contribution in [0, 0.1) is 5.92 Å². The van der Waals surface area contributed by atoms with Gasteiger partial charge in [-0.3, -0.25) is 4.99 Å². The van der Waals surface area contributed by atoms with Crippen molar-refractivity contribution in [2.45, 2.75) is 45.1 Å². The molecule has 2 fully saturated rings. The summed E-state index contributed by atoms with van der Waals surface area (Å²) < 4.78 is 0. The third-order valence-electron chi connectivity index (χ3n) is 5.88. The molecule has 27 heavy (non-hydrogen) atoms. The molecule has 0 unspecified atom stereocenters. The molecule has 1 saturated carbocycles. The molecule has 1 aliphatic heterocycles. The Balaban J connectivity index is 1.36. The van der Waals surface area contributed by atoms with Gasteiger partial charge in [-0.25, -0.2) is 4.98 Å². The molecular formula is C21H36N6. The quantitative estimate of drug-likeness (QED) is 0.437. The Hall–Kier alpha value is -1.82. The predicted octanol–water partition coefficient (Wildman–Crippen LogP) is 2.47. The van der Waals surface area contributed by atoms with Crippen LogP contribution in [-0.4, -0.2) is 62.7 Å². The average molecular weight is 373 g/mol. The summed E-state index contributed by atoms with van der Waals surface area (Å²) in [6.07, 6.45) is 10.3. The van der Waals surface area contributed by atoms with E-state index in [0.29, 0.717) is 0 Å². The summed E-state index contributed by atoms with van der Waals surface area (Å²) in [5, 5.41) is 6.83. The van der Waals surface area contributed by atoms with E-state index in [9.17, 15) is 0 Å². The maximum absolute atomic E-state index is 4.66. The minimum Gasteiger partial charge on any atom is -0.356 e. The Kier molecular flexibility index (Phi) is 7.75. The molecule has 2 heterocycles. The van der Waals surface area contributed by atoms with Gasteiger partial charge < -0.3 is 20.4 Å². The standard InChI is InChI=1S/C21H36N6/c1-22-21(23-11-5-8-18-6-3-4-7-18)25-17-19-9-10-20(24-16-19)27-14-12-26(2)13-15-27/h9-10,16,18H,3-8,11-15,17H2,1-2H3,(H2,22,23,25). The third-order valence-corrected chi connectivity index (χ3v) is 5.88. The van der Waals surface area contributed by atoms with Crippen molar-refractivity contribution in [1.82, 2.24) is 20.5 Å². The second-order valence-electron chi connectivity index (χ2n) is 7.96. The van der Waals surface area contributed by atoms with E-state index in [1.165, 1.54) is 44.1 Å². The maximum atomic E-state index is 4.66. The van der Waals surface area contributed by atoms with Crippen LogP contribution in [0.5, 0.6) is 0 Å². The molecule has 0 atom stereocenters. The molecule has 2 N–H and O–H groups in total. The number of aliphatic imine (C=N–C) groups is 1. The number of nitrogens with one attached hydrogen (secondary N) is 2. The Morgan fingerprint density at radius 1 is 1.15 bits per heavy atom. The summed E-state index contributed by atoms with van der Waals surface area (Å²) in [7, 11) is 4.01. The van der Waals surface area contributed by atoms with Crippen LogP contribution < -0.4 is 15.5 Å². The van der Waals surface area contributed by atoms with Gasteiger partial charge in [-0.1, -0.05) is 31.7 Å². The van der Waals surface area contributed by atoms with Crippen molar-refractivity contribution in [2.75, 3.05) is 51.7 Å². The molecule has 3 rings (SSSR count). The second-order valence-corrected chi connectivity index (χ2v) is 7.96. The van der Waals surface area contributed by atoms with Gasteiger partial charge in [-0.2, -0.15) is 0 Å². The van der Waals surface area contributed by atoms with E-state index in [4.69, 9.17) is 0 Å². The van der Waals surface area contributed by atoms with Gasteiger partial charge in [0.15, 0.2) is 5.96 Å². The lowest BCUT2D eigenvalue weighted by Gasteiger charge is -2.33. The van der Waals surface area contributed by atoms with Crippen molar-refractivity contribution in [3.05, 3.63) is 23.9 Å². The number of piperazine rings is 1. The highest BCUT2D eigenvalue weighted by molar-refractivity contribution is 5.79. The fourth-order valence-electron chi connectivity index (χ4n) is 4.05. The zero-order valence-electron chi connectivity index (χ0n) is 17.1. The lowest BCUT2D eigenvalue weighted by atomic mass is 10.0. The number of pyridine rings is 1. The van der Waals surface area contributed by atoms with Crippen LogP contribution in [0.2, 0.25) is 0 Å². The van der Waals surface area contributed by atoms with E-state index in [2.05, 4.69) is 49.6 Å². The minimum absolute atomic E-state index is 0.748. The van der Waals surface area contributed by atoms with Gasteiger partial charge in [0.05, 0.1) is 0 Å². The molecule has 1 aromatic rings. The van der Waals surface area contributed by atoms with Crippen LogP contribution in [0.25, 0.3) is 0 Å². The van der Waals surface area contributed by atoms with E-state index >= 15 is 0 Å². The van der Waals surface area contributed by atoms with Crippen molar-refractivity contribution in [2.24, 2.45) is 10.9 Å².